The molecular formula is C11H17N5OS. The average molecular weight is 267 g/mol. The van der Waals surface area contributed by atoms with Crippen LogP contribution in [0.3, 0.4) is 0 Å². The van der Waals surface area contributed by atoms with E-state index in [2.05, 4.69) is 26.9 Å². The normalized spacial score (nSPS) is 21.1. The molecule has 2 heterocycles. The monoisotopic (exact) mass is 267 g/mol. The molecule has 0 saturated carbocycles. The first-order valence-electron chi connectivity index (χ1n) is 5.91. The summed E-state index contributed by atoms with van der Waals surface area (Å²) in [4.78, 5) is 10.6. The van der Waals surface area contributed by atoms with Crippen LogP contribution in [0.2, 0.25) is 0 Å². The van der Waals surface area contributed by atoms with Gasteiger partial charge in [-0.3, -0.25) is 0 Å². The first-order chi connectivity index (χ1) is 8.76. The number of oxime groups is 1. The number of amidine groups is 1. The van der Waals surface area contributed by atoms with Crippen molar-refractivity contribution in [3.63, 3.8) is 0 Å². The minimum atomic E-state index is 0.00405. The molecule has 98 valence electrons. The lowest BCUT2D eigenvalue weighted by atomic mass is 10.2. The smallest absolute Gasteiger partial charge is 0.192 e. The van der Waals surface area contributed by atoms with Crippen LogP contribution in [-0.2, 0) is 0 Å². The van der Waals surface area contributed by atoms with Gasteiger partial charge in [-0.15, -0.1) is 0 Å². The number of rotatable bonds is 3. The summed E-state index contributed by atoms with van der Waals surface area (Å²) in [5.41, 5.74) is 6.08. The molecule has 0 aromatic carbocycles. The first kappa shape index (κ1) is 12.9. The zero-order valence-electron chi connectivity index (χ0n) is 10.3. The molecule has 1 saturated heterocycles. The van der Waals surface area contributed by atoms with E-state index < -0.39 is 0 Å². The number of thioether (sulfide) groups is 1. The van der Waals surface area contributed by atoms with E-state index in [0.717, 1.165) is 25.3 Å². The Morgan fingerprint density at radius 2 is 2.39 bits per heavy atom. The van der Waals surface area contributed by atoms with Crippen LogP contribution in [0.1, 0.15) is 19.0 Å². The molecule has 18 heavy (non-hydrogen) atoms. The number of nitrogens with two attached hydrogens (primary N) is 1. The summed E-state index contributed by atoms with van der Waals surface area (Å²) in [5.74, 6) is 1.76. The molecule has 0 radical (unpaired) electrons. The van der Waals surface area contributed by atoms with Crippen molar-refractivity contribution in [2.75, 3.05) is 23.7 Å². The highest BCUT2D eigenvalue weighted by Gasteiger charge is 2.23. The zero-order valence-corrected chi connectivity index (χ0v) is 11.1. The van der Waals surface area contributed by atoms with Crippen molar-refractivity contribution in [1.82, 2.24) is 9.97 Å². The van der Waals surface area contributed by atoms with Crippen LogP contribution in [0, 0.1) is 0 Å². The molecule has 0 amide bonds. The van der Waals surface area contributed by atoms with E-state index in [9.17, 15) is 0 Å². The topological polar surface area (TPSA) is 87.6 Å². The van der Waals surface area contributed by atoms with E-state index in [-0.39, 0.29) is 5.84 Å². The van der Waals surface area contributed by atoms with Gasteiger partial charge in [-0.1, -0.05) is 12.1 Å². The molecule has 1 aromatic heterocycles. The standard InChI is InChI=1S/C11H17N5OS/c1-2-8-7-16(5-6-18-8)11-9(10(12)15-17)13-3-4-14-11/h3-4,8,17H,2,5-7H2,1H3,(H2,12,15). The van der Waals surface area contributed by atoms with Crippen LogP contribution < -0.4 is 10.6 Å². The number of hydrogen-bond acceptors (Lipinski definition) is 6. The van der Waals surface area contributed by atoms with Crippen molar-refractivity contribution in [3.05, 3.63) is 18.1 Å². The highest BCUT2D eigenvalue weighted by molar-refractivity contribution is 8.00. The molecule has 0 bridgehead atoms. The molecule has 6 nitrogen and oxygen atoms in total. The molecule has 0 aliphatic carbocycles. The van der Waals surface area contributed by atoms with Crippen LogP contribution in [0.4, 0.5) is 5.82 Å². The molecule has 1 aliphatic rings. The Hall–Kier alpha value is -1.50. The van der Waals surface area contributed by atoms with Crippen molar-refractivity contribution in [1.29, 1.82) is 0 Å². The summed E-state index contributed by atoms with van der Waals surface area (Å²) < 4.78 is 0. The second-order valence-electron chi connectivity index (χ2n) is 4.06. The first-order valence-corrected chi connectivity index (χ1v) is 6.96. The lowest BCUT2D eigenvalue weighted by Crippen LogP contribution is -2.39. The highest BCUT2D eigenvalue weighted by atomic mass is 32.2. The van der Waals surface area contributed by atoms with Crippen molar-refractivity contribution in [3.8, 4) is 0 Å². The van der Waals surface area contributed by atoms with Crippen molar-refractivity contribution in [2.45, 2.75) is 18.6 Å². The Bertz CT molecular complexity index is 439. The summed E-state index contributed by atoms with van der Waals surface area (Å²) in [6, 6.07) is 0. The summed E-state index contributed by atoms with van der Waals surface area (Å²) in [7, 11) is 0. The maximum atomic E-state index is 8.78. The van der Waals surface area contributed by atoms with Crippen molar-refractivity contribution in [2.24, 2.45) is 10.9 Å². The molecule has 1 aliphatic heterocycles. The summed E-state index contributed by atoms with van der Waals surface area (Å²) in [6.07, 6.45) is 4.30. The fraction of sp³-hybridized carbons (Fsp3) is 0.545. The Kier molecular flexibility index (Phi) is 4.24. The molecule has 3 N–H and O–H groups in total. The van der Waals surface area contributed by atoms with Crippen LogP contribution in [0.25, 0.3) is 0 Å². The lowest BCUT2D eigenvalue weighted by molar-refractivity contribution is 0.318. The third-order valence-corrected chi connectivity index (χ3v) is 4.30. The van der Waals surface area contributed by atoms with Crippen molar-refractivity contribution < 1.29 is 5.21 Å². The fourth-order valence-corrected chi connectivity index (χ4v) is 3.13. The van der Waals surface area contributed by atoms with Gasteiger partial charge in [0.05, 0.1) is 0 Å². The SMILES string of the molecule is CCC1CN(c2nccnc2C(N)=NO)CCS1. The van der Waals surface area contributed by atoms with Gasteiger partial charge < -0.3 is 15.8 Å². The van der Waals surface area contributed by atoms with E-state index in [1.165, 1.54) is 0 Å². The molecule has 1 unspecified atom stereocenters. The largest absolute Gasteiger partial charge is 0.409 e. The molecule has 1 atom stereocenters. The average Bonchev–Trinajstić information content (AvgIpc) is 2.46. The quantitative estimate of drug-likeness (QED) is 0.366. The molecule has 2 rings (SSSR count). The highest BCUT2D eigenvalue weighted by Crippen LogP contribution is 2.25. The maximum Gasteiger partial charge on any atom is 0.192 e. The van der Waals surface area contributed by atoms with E-state index in [1.54, 1.807) is 12.4 Å². The molecule has 1 fully saturated rings. The van der Waals surface area contributed by atoms with E-state index in [1.807, 2.05) is 11.8 Å². The molecule has 0 spiro atoms. The Morgan fingerprint density at radius 3 is 3.11 bits per heavy atom. The maximum absolute atomic E-state index is 8.78. The van der Waals surface area contributed by atoms with Crippen molar-refractivity contribution >= 4 is 23.4 Å². The van der Waals surface area contributed by atoms with Gasteiger partial charge in [-0.05, 0) is 6.42 Å². The van der Waals surface area contributed by atoms with Crippen LogP contribution >= 0.6 is 11.8 Å². The summed E-state index contributed by atoms with van der Waals surface area (Å²) in [6.45, 7) is 4.01. The lowest BCUT2D eigenvalue weighted by Gasteiger charge is -2.33. The second-order valence-corrected chi connectivity index (χ2v) is 5.47. The number of aromatic nitrogens is 2. The van der Waals surface area contributed by atoms with Gasteiger partial charge in [-0.25, -0.2) is 9.97 Å². The van der Waals surface area contributed by atoms with Crippen LogP contribution in [0.15, 0.2) is 17.5 Å². The van der Waals surface area contributed by atoms with E-state index in [0.29, 0.717) is 16.8 Å². The second kappa shape index (κ2) is 5.90. The minimum absolute atomic E-state index is 0.00405. The fourth-order valence-electron chi connectivity index (χ4n) is 1.95. The molecule has 7 heteroatoms. The Balaban J connectivity index is 2.27. The Morgan fingerprint density at radius 1 is 1.61 bits per heavy atom. The molecule has 1 aromatic rings. The van der Waals surface area contributed by atoms with Gasteiger partial charge in [0, 0.05) is 36.5 Å². The van der Waals surface area contributed by atoms with Crippen LogP contribution in [0.5, 0.6) is 0 Å². The van der Waals surface area contributed by atoms with Gasteiger partial charge in [0.25, 0.3) is 0 Å². The number of anilines is 1. The van der Waals surface area contributed by atoms with Gasteiger partial charge >= 0.3 is 0 Å². The van der Waals surface area contributed by atoms with E-state index >= 15 is 0 Å². The number of nitrogens with zero attached hydrogens (tertiary/aromatic N) is 4. The van der Waals surface area contributed by atoms with Gasteiger partial charge in [0.2, 0.25) is 0 Å². The van der Waals surface area contributed by atoms with Crippen LogP contribution in [-0.4, -0.2) is 45.1 Å². The zero-order chi connectivity index (χ0) is 13.0. The third kappa shape index (κ3) is 2.66. The van der Waals surface area contributed by atoms with Gasteiger partial charge in [-0.2, -0.15) is 11.8 Å². The third-order valence-electron chi connectivity index (χ3n) is 2.92. The van der Waals surface area contributed by atoms with Gasteiger partial charge in [0.15, 0.2) is 17.3 Å². The number of hydrogen-bond donors (Lipinski definition) is 2. The van der Waals surface area contributed by atoms with E-state index in [4.69, 9.17) is 10.9 Å². The minimum Gasteiger partial charge on any atom is -0.409 e. The summed E-state index contributed by atoms with van der Waals surface area (Å²) >= 11 is 1.98. The summed E-state index contributed by atoms with van der Waals surface area (Å²) in [5, 5.41) is 12.4. The predicted octanol–water partition coefficient (Wildman–Crippen LogP) is 0.903. The Labute approximate surface area is 110 Å². The predicted molar refractivity (Wildman–Crippen MR) is 73.3 cm³/mol. The van der Waals surface area contributed by atoms with Gasteiger partial charge in [0.1, 0.15) is 0 Å². The molecular weight excluding hydrogens is 250 g/mol.